The van der Waals surface area contributed by atoms with E-state index < -0.39 is 0 Å². The third kappa shape index (κ3) is 18.9. The van der Waals surface area contributed by atoms with Gasteiger partial charge in [0.25, 0.3) is 0 Å². The van der Waals surface area contributed by atoms with E-state index in [9.17, 15) is 0 Å². The van der Waals surface area contributed by atoms with Gasteiger partial charge in [0.15, 0.2) is 0 Å². The Balaban J connectivity index is 0.000000544. The summed E-state index contributed by atoms with van der Waals surface area (Å²) >= 11 is 0. The second kappa shape index (κ2) is 27.0. The van der Waals surface area contributed by atoms with Gasteiger partial charge in [-0.3, -0.25) is 0 Å². The molecule has 1 aliphatic heterocycles. The van der Waals surface area contributed by atoms with Gasteiger partial charge in [0, 0.05) is 0 Å². The molecule has 242 valence electrons. The standard InChI is InChI=1S/C10H12O2.2C10H14.C7H8O.2C2H6/c1-8-4-2-3-5-10(8)12-7-9-6-11-9;2*1-3-9-5-7-10(4-2)8-6-9;1-8-7-5-3-2-4-6-7;2*1-2/h2-5,9H,6-7H2,1H3;2*5-8H,3-4H2,1-2H3;2-6H,1H3;2*1-2H3. The van der Waals surface area contributed by atoms with E-state index in [4.69, 9.17) is 14.2 Å². The summed E-state index contributed by atoms with van der Waals surface area (Å²) in [6, 6.07) is 35.4. The zero-order chi connectivity index (χ0) is 33.0. The van der Waals surface area contributed by atoms with Gasteiger partial charge in [0.05, 0.1) is 13.7 Å². The van der Waals surface area contributed by atoms with Crippen LogP contribution < -0.4 is 9.47 Å². The molecule has 0 amide bonds. The molecule has 3 nitrogen and oxygen atoms in total. The van der Waals surface area contributed by atoms with Crippen molar-refractivity contribution in [3.63, 3.8) is 0 Å². The van der Waals surface area contributed by atoms with E-state index >= 15 is 0 Å². The minimum atomic E-state index is 0.338. The van der Waals surface area contributed by atoms with Crippen molar-refractivity contribution in [3.05, 3.63) is 131 Å². The number of benzene rings is 4. The van der Waals surface area contributed by atoms with Gasteiger partial charge in [-0.2, -0.15) is 0 Å². The van der Waals surface area contributed by atoms with Crippen LogP contribution in [0.5, 0.6) is 11.5 Å². The van der Waals surface area contributed by atoms with E-state index in [-0.39, 0.29) is 0 Å². The van der Waals surface area contributed by atoms with Crippen molar-refractivity contribution < 1.29 is 14.2 Å². The molecule has 1 aliphatic rings. The van der Waals surface area contributed by atoms with E-state index in [1.54, 1.807) is 7.11 Å². The fourth-order valence-corrected chi connectivity index (χ4v) is 3.64. The summed E-state index contributed by atoms with van der Waals surface area (Å²) in [7, 11) is 1.66. The maximum atomic E-state index is 5.54. The minimum Gasteiger partial charge on any atom is -0.497 e. The summed E-state index contributed by atoms with van der Waals surface area (Å²) in [5, 5.41) is 0. The van der Waals surface area contributed by atoms with Gasteiger partial charge in [0.2, 0.25) is 0 Å². The zero-order valence-electron chi connectivity index (χ0n) is 29.4. The molecule has 0 aliphatic carbocycles. The maximum Gasteiger partial charge on any atom is 0.122 e. The van der Waals surface area contributed by atoms with Crippen LogP contribution in [0.25, 0.3) is 0 Å². The molecule has 1 saturated heterocycles. The first-order chi connectivity index (χ1) is 21.5. The zero-order valence-corrected chi connectivity index (χ0v) is 29.4. The molecule has 0 bridgehead atoms. The number of ether oxygens (including phenoxy) is 3. The van der Waals surface area contributed by atoms with Crippen LogP contribution in [-0.4, -0.2) is 26.4 Å². The molecule has 44 heavy (non-hydrogen) atoms. The summed E-state index contributed by atoms with van der Waals surface area (Å²) in [4.78, 5) is 0. The van der Waals surface area contributed by atoms with E-state index in [0.29, 0.717) is 12.7 Å². The first-order valence-electron chi connectivity index (χ1n) is 16.6. The molecule has 1 heterocycles. The normalized spacial score (nSPS) is 11.9. The number of epoxide rings is 1. The average molecular weight is 601 g/mol. The molecule has 0 aromatic heterocycles. The monoisotopic (exact) mass is 600 g/mol. The van der Waals surface area contributed by atoms with Gasteiger partial charge in [-0.05, 0) is 78.6 Å². The summed E-state index contributed by atoms with van der Waals surface area (Å²) in [6.07, 6.45) is 4.91. The molecule has 0 saturated carbocycles. The lowest BCUT2D eigenvalue weighted by atomic mass is 10.1. The van der Waals surface area contributed by atoms with Crippen LogP contribution in [0.2, 0.25) is 0 Å². The molecular formula is C41H60O3. The van der Waals surface area contributed by atoms with Gasteiger partial charge < -0.3 is 14.2 Å². The molecule has 0 N–H and O–H groups in total. The van der Waals surface area contributed by atoms with Gasteiger partial charge in [0.1, 0.15) is 24.2 Å². The lowest BCUT2D eigenvalue weighted by molar-refractivity contribution is 0.262. The number of methoxy groups -OCH3 is 1. The Morgan fingerprint density at radius 2 is 0.932 bits per heavy atom. The highest BCUT2D eigenvalue weighted by Crippen LogP contribution is 2.18. The lowest BCUT2D eigenvalue weighted by Crippen LogP contribution is -2.04. The van der Waals surface area contributed by atoms with E-state index in [2.05, 4.69) is 76.2 Å². The minimum absolute atomic E-state index is 0.338. The second-order valence-corrected chi connectivity index (χ2v) is 9.60. The second-order valence-electron chi connectivity index (χ2n) is 9.60. The highest BCUT2D eigenvalue weighted by molar-refractivity contribution is 5.31. The van der Waals surface area contributed by atoms with Crippen molar-refractivity contribution in [2.24, 2.45) is 0 Å². The quantitative estimate of drug-likeness (QED) is 0.189. The van der Waals surface area contributed by atoms with Crippen molar-refractivity contribution in [2.45, 2.75) is 94.1 Å². The maximum absolute atomic E-state index is 5.54. The molecule has 0 spiro atoms. The highest BCUT2D eigenvalue weighted by Gasteiger charge is 2.23. The Morgan fingerprint density at radius 1 is 0.568 bits per heavy atom. The van der Waals surface area contributed by atoms with Crippen LogP contribution in [-0.2, 0) is 30.4 Å². The van der Waals surface area contributed by atoms with Crippen molar-refractivity contribution >= 4 is 0 Å². The molecule has 1 unspecified atom stereocenters. The van der Waals surface area contributed by atoms with Crippen LogP contribution in [0.15, 0.2) is 103 Å². The molecule has 5 rings (SSSR count). The van der Waals surface area contributed by atoms with Crippen LogP contribution in [0.1, 0.15) is 83.2 Å². The number of rotatable bonds is 8. The molecule has 0 radical (unpaired) electrons. The van der Waals surface area contributed by atoms with Crippen LogP contribution >= 0.6 is 0 Å². The molecule has 4 aromatic carbocycles. The van der Waals surface area contributed by atoms with E-state index in [1.807, 2.05) is 89.2 Å². The van der Waals surface area contributed by atoms with E-state index in [1.165, 1.54) is 27.8 Å². The Morgan fingerprint density at radius 3 is 1.23 bits per heavy atom. The topological polar surface area (TPSA) is 31.0 Å². The summed E-state index contributed by atoms with van der Waals surface area (Å²) in [5.41, 5.74) is 6.89. The van der Waals surface area contributed by atoms with Gasteiger partial charge in [-0.1, -0.05) is 140 Å². The Hall–Kier alpha value is -3.56. The van der Waals surface area contributed by atoms with Crippen LogP contribution in [0.4, 0.5) is 0 Å². The van der Waals surface area contributed by atoms with Gasteiger partial charge >= 0.3 is 0 Å². The van der Waals surface area contributed by atoms with Crippen molar-refractivity contribution in [3.8, 4) is 11.5 Å². The van der Waals surface area contributed by atoms with Crippen molar-refractivity contribution in [1.82, 2.24) is 0 Å². The fraction of sp³-hybridized carbons (Fsp3) is 0.415. The lowest BCUT2D eigenvalue weighted by Gasteiger charge is -2.06. The predicted molar refractivity (Wildman–Crippen MR) is 192 cm³/mol. The SMILES string of the molecule is CC.CC.CCc1ccc(CC)cc1.CCc1ccc(CC)cc1.COc1ccccc1.Cc1ccccc1OCC1CO1. The van der Waals surface area contributed by atoms with Gasteiger partial charge in [-0.25, -0.2) is 0 Å². The number of aryl methyl sites for hydroxylation is 5. The Kier molecular flexibility index (Phi) is 24.8. The molecule has 4 aromatic rings. The first kappa shape index (κ1) is 40.4. The van der Waals surface area contributed by atoms with E-state index in [0.717, 1.165) is 43.8 Å². The van der Waals surface area contributed by atoms with Crippen molar-refractivity contribution in [2.75, 3.05) is 20.3 Å². The number of hydrogen-bond acceptors (Lipinski definition) is 3. The largest absolute Gasteiger partial charge is 0.497 e. The number of para-hydroxylation sites is 2. The Bertz CT molecular complexity index is 1070. The van der Waals surface area contributed by atoms with Gasteiger partial charge in [-0.15, -0.1) is 0 Å². The average Bonchev–Trinajstić information content (AvgIpc) is 3.96. The van der Waals surface area contributed by atoms with Crippen LogP contribution in [0, 0.1) is 6.92 Å². The number of hydrogen-bond donors (Lipinski definition) is 0. The summed E-state index contributed by atoms with van der Waals surface area (Å²) in [6.45, 7) is 20.3. The summed E-state index contributed by atoms with van der Waals surface area (Å²) < 4.78 is 15.5. The smallest absolute Gasteiger partial charge is 0.122 e. The molecular weight excluding hydrogens is 540 g/mol. The Labute approximate surface area is 270 Å². The fourth-order valence-electron chi connectivity index (χ4n) is 3.64. The predicted octanol–water partition coefficient (Wildman–Crippen LogP) is 11.1. The highest BCUT2D eigenvalue weighted by atomic mass is 16.6. The summed E-state index contributed by atoms with van der Waals surface area (Å²) in [5.74, 6) is 1.88. The first-order valence-corrected chi connectivity index (χ1v) is 16.6. The van der Waals surface area contributed by atoms with Crippen LogP contribution in [0.3, 0.4) is 0 Å². The molecule has 3 heteroatoms. The molecule has 1 fully saturated rings. The molecule has 1 atom stereocenters. The third-order valence-corrected chi connectivity index (χ3v) is 6.58. The third-order valence-electron chi connectivity index (χ3n) is 6.58. The van der Waals surface area contributed by atoms with Crippen molar-refractivity contribution in [1.29, 1.82) is 0 Å².